The summed E-state index contributed by atoms with van der Waals surface area (Å²) >= 11 is 0. The van der Waals surface area contributed by atoms with Crippen molar-refractivity contribution < 1.29 is 23.8 Å². The van der Waals surface area contributed by atoms with Gasteiger partial charge in [0.05, 0.1) is 6.54 Å². The molecule has 1 aromatic carbocycles. The molecule has 0 heterocycles. The van der Waals surface area contributed by atoms with Crippen LogP contribution < -0.4 is 10.1 Å². The van der Waals surface area contributed by atoms with E-state index < -0.39 is 17.9 Å². The van der Waals surface area contributed by atoms with Crippen LogP contribution in [0.4, 0.5) is 4.39 Å². The minimum atomic E-state index is -1.21. The van der Waals surface area contributed by atoms with E-state index in [0.29, 0.717) is 6.42 Å². The van der Waals surface area contributed by atoms with Crippen LogP contribution in [0, 0.1) is 11.7 Å². The number of benzene rings is 1. The fourth-order valence-electron chi connectivity index (χ4n) is 1.60. The van der Waals surface area contributed by atoms with Gasteiger partial charge in [-0.1, -0.05) is 20.3 Å². The first-order chi connectivity index (χ1) is 9.92. The standard InChI is InChI=1S/C15H20FNO4/c1-3-10(2)8-14(18)17-9-13(15(19)20)21-12-6-4-11(16)5-7-12/h4-7,10,13H,3,8-9H2,1-2H3,(H,17,18)(H,19,20). The average molecular weight is 297 g/mol. The van der Waals surface area contributed by atoms with Crippen LogP contribution in [0.5, 0.6) is 5.75 Å². The molecule has 0 spiro atoms. The molecule has 0 saturated carbocycles. The number of carboxylic acids is 1. The van der Waals surface area contributed by atoms with E-state index in [0.717, 1.165) is 6.42 Å². The molecule has 1 rings (SSSR count). The van der Waals surface area contributed by atoms with Crippen molar-refractivity contribution in [2.45, 2.75) is 32.8 Å². The quantitative estimate of drug-likeness (QED) is 0.771. The van der Waals surface area contributed by atoms with Gasteiger partial charge in [0.2, 0.25) is 12.0 Å². The van der Waals surface area contributed by atoms with Gasteiger partial charge in [0.15, 0.2) is 0 Å². The van der Waals surface area contributed by atoms with E-state index in [1.807, 2.05) is 13.8 Å². The number of amides is 1. The largest absolute Gasteiger partial charge is 0.478 e. The second kappa shape index (κ2) is 8.24. The summed E-state index contributed by atoms with van der Waals surface area (Å²) in [4.78, 5) is 22.7. The summed E-state index contributed by atoms with van der Waals surface area (Å²) in [5.74, 6) is -1.36. The molecule has 0 saturated heterocycles. The number of ether oxygens (including phenoxy) is 1. The molecule has 5 nitrogen and oxygen atoms in total. The normalized spacial score (nSPS) is 13.3. The summed E-state index contributed by atoms with van der Waals surface area (Å²) in [5.41, 5.74) is 0. The molecule has 0 bridgehead atoms. The van der Waals surface area contributed by atoms with Gasteiger partial charge in [-0.25, -0.2) is 9.18 Å². The van der Waals surface area contributed by atoms with Crippen molar-refractivity contribution in [1.29, 1.82) is 0 Å². The van der Waals surface area contributed by atoms with Gasteiger partial charge in [-0.15, -0.1) is 0 Å². The monoisotopic (exact) mass is 297 g/mol. The summed E-state index contributed by atoms with van der Waals surface area (Å²) in [6.45, 7) is 3.79. The van der Waals surface area contributed by atoms with Crippen molar-refractivity contribution >= 4 is 11.9 Å². The molecule has 0 radical (unpaired) electrons. The molecule has 1 aromatic rings. The molecule has 1 amide bonds. The Kier molecular flexibility index (Phi) is 6.65. The molecule has 0 aliphatic carbocycles. The van der Waals surface area contributed by atoms with Gasteiger partial charge in [0, 0.05) is 6.42 Å². The molecule has 2 atom stereocenters. The smallest absolute Gasteiger partial charge is 0.346 e. The lowest BCUT2D eigenvalue weighted by molar-refractivity contribution is -0.145. The predicted octanol–water partition coefficient (Wildman–Crippen LogP) is 2.21. The number of carbonyl (C=O) groups excluding carboxylic acids is 1. The minimum Gasteiger partial charge on any atom is -0.478 e. The fraction of sp³-hybridized carbons (Fsp3) is 0.467. The highest BCUT2D eigenvalue weighted by Crippen LogP contribution is 2.13. The van der Waals surface area contributed by atoms with E-state index in [9.17, 15) is 14.0 Å². The SMILES string of the molecule is CCC(C)CC(=O)NCC(Oc1ccc(F)cc1)C(=O)O. The molecular weight excluding hydrogens is 277 g/mol. The first kappa shape index (κ1) is 16.9. The Balaban J connectivity index is 2.52. The third-order valence-corrected chi connectivity index (χ3v) is 3.08. The maximum atomic E-state index is 12.8. The highest BCUT2D eigenvalue weighted by atomic mass is 19.1. The van der Waals surface area contributed by atoms with Crippen molar-refractivity contribution in [2.75, 3.05) is 6.54 Å². The highest BCUT2D eigenvalue weighted by molar-refractivity contribution is 5.78. The van der Waals surface area contributed by atoms with Crippen molar-refractivity contribution in [3.63, 3.8) is 0 Å². The van der Waals surface area contributed by atoms with Gasteiger partial charge in [-0.3, -0.25) is 4.79 Å². The molecule has 21 heavy (non-hydrogen) atoms. The average Bonchev–Trinajstić information content (AvgIpc) is 2.44. The van der Waals surface area contributed by atoms with Crippen LogP contribution >= 0.6 is 0 Å². The Labute approximate surface area is 123 Å². The molecule has 2 unspecified atom stereocenters. The number of aliphatic carboxylic acids is 1. The zero-order chi connectivity index (χ0) is 15.8. The van der Waals surface area contributed by atoms with E-state index >= 15 is 0 Å². The van der Waals surface area contributed by atoms with Crippen molar-refractivity contribution in [1.82, 2.24) is 5.32 Å². The predicted molar refractivity (Wildman–Crippen MR) is 75.5 cm³/mol. The van der Waals surface area contributed by atoms with Crippen molar-refractivity contribution in [3.8, 4) is 5.75 Å². The molecule has 116 valence electrons. The lowest BCUT2D eigenvalue weighted by Crippen LogP contribution is -2.40. The number of hydrogen-bond acceptors (Lipinski definition) is 3. The van der Waals surface area contributed by atoms with E-state index in [2.05, 4.69) is 5.32 Å². The second-order valence-electron chi connectivity index (χ2n) is 4.92. The Bertz CT molecular complexity index is 475. The Morgan fingerprint density at radius 2 is 1.95 bits per heavy atom. The summed E-state index contributed by atoms with van der Waals surface area (Å²) in [6.07, 6.45) is 0.0117. The van der Waals surface area contributed by atoms with Crippen molar-refractivity contribution in [3.05, 3.63) is 30.1 Å². The summed E-state index contributed by atoms with van der Waals surface area (Å²) < 4.78 is 18.0. The van der Waals surface area contributed by atoms with Crippen LogP contribution in [-0.2, 0) is 9.59 Å². The number of hydrogen-bond donors (Lipinski definition) is 2. The topological polar surface area (TPSA) is 75.6 Å². The van der Waals surface area contributed by atoms with Crippen LogP contribution in [0.1, 0.15) is 26.7 Å². The fourth-order valence-corrected chi connectivity index (χ4v) is 1.60. The maximum Gasteiger partial charge on any atom is 0.346 e. The van der Waals surface area contributed by atoms with Gasteiger partial charge in [0.25, 0.3) is 0 Å². The van der Waals surface area contributed by atoms with Crippen LogP contribution in [0.25, 0.3) is 0 Å². The van der Waals surface area contributed by atoms with Gasteiger partial charge < -0.3 is 15.2 Å². The van der Waals surface area contributed by atoms with Crippen LogP contribution in [-0.4, -0.2) is 29.6 Å². The van der Waals surface area contributed by atoms with E-state index in [-0.39, 0.29) is 24.1 Å². The third-order valence-electron chi connectivity index (χ3n) is 3.08. The maximum absolute atomic E-state index is 12.8. The molecule has 0 aliphatic heterocycles. The summed E-state index contributed by atoms with van der Waals surface area (Å²) in [7, 11) is 0. The highest BCUT2D eigenvalue weighted by Gasteiger charge is 2.20. The number of rotatable bonds is 8. The first-order valence-corrected chi connectivity index (χ1v) is 6.84. The van der Waals surface area contributed by atoms with E-state index in [1.165, 1.54) is 24.3 Å². The minimum absolute atomic E-state index is 0.137. The number of carbonyl (C=O) groups is 2. The first-order valence-electron chi connectivity index (χ1n) is 6.84. The Morgan fingerprint density at radius 1 is 1.33 bits per heavy atom. The Morgan fingerprint density at radius 3 is 2.48 bits per heavy atom. The van der Waals surface area contributed by atoms with Gasteiger partial charge in [0.1, 0.15) is 11.6 Å². The van der Waals surface area contributed by atoms with Gasteiger partial charge >= 0.3 is 5.97 Å². The summed E-state index contributed by atoms with van der Waals surface area (Å²) in [6, 6.07) is 5.03. The second-order valence-corrected chi connectivity index (χ2v) is 4.92. The lowest BCUT2D eigenvalue weighted by Gasteiger charge is -2.16. The number of halogens is 1. The molecule has 0 fully saturated rings. The van der Waals surface area contributed by atoms with Gasteiger partial charge in [-0.05, 0) is 30.2 Å². The van der Waals surface area contributed by atoms with Crippen LogP contribution in [0.2, 0.25) is 0 Å². The van der Waals surface area contributed by atoms with Crippen molar-refractivity contribution in [2.24, 2.45) is 5.92 Å². The molecule has 2 N–H and O–H groups in total. The molecular formula is C15H20FNO4. The molecule has 0 aliphatic rings. The summed E-state index contributed by atoms with van der Waals surface area (Å²) in [5, 5.41) is 11.6. The number of carboxylic acid groups (broad SMARTS) is 1. The van der Waals surface area contributed by atoms with Crippen LogP contribution in [0.15, 0.2) is 24.3 Å². The zero-order valence-corrected chi connectivity index (χ0v) is 12.1. The zero-order valence-electron chi connectivity index (χ0n) is 12.1. The molecule has 6 heteroatoms. The number of nitrogens with one attached hydrogen (secondary N) is 1. The Hall–Kier alpha value is -2.11. The lowest BCUT2D eigenvalue weighted by atomic mass is 10.1. The third kappa shape index (κ3) is 6.25. The van der Waals surface area contributed by atoms with E-state index in [4.69, 9.17) is 9.84 Å². The van der Waals surface area contributed by atoms with Crippen LogP contribution in [0.3, 0.4) is 0 Å². The molecule has 0 aromatic heterocycles. The van der Waals surface area contributed by atoms with Gasteiger partial charge in [-0.2, -0.15) is 0 Å². The van der Waals surface area contributed by atoms with E-state index in [1.54, 1.807) is 0 Å².